The van der Waals surface area contributed by atoms with Crippen molar-refractivity contribution in [2.45, 2.75) is 130 Å². The summed E-state index contributed by atoms with van der Waals surface area (Å²) in [4.78, 5) is 12.7. The number of rotatable bonds is 15. The van der Waals surface area contributed by atoms with Gasteiger partial charge in [-0.1, -0.05) is 70.4 Å². The van der Waals surface area contributed by atoms with Gasteiger partial charge in [0.05, 0.1) is 12.0 Å². The van der Waals surface area contributed by atoms with Crippen LogP contribution in [0.4, 0.5) is 0 Å². The van der Waals surface area contributed by atoms with Gasteiger partial charge in [0.2, 0.25) is 0 Å². The zero-order chi connectivity index (χ0) is 23.4. The molecular formula is C29H46O3. The van der Waals surface area contributed by atoms with Crippen molar-refractivity contribution in [2.75, 3.05) is 0 Å². The third kappa shape index (κ3) is 8.30. The Morgan fingerprint density at radius 3 is 2.09 bits per heavy atom. The average molecular weight is 443 g/mol. The Balaban J connectivity index is 1.58. The lowest BCUT2D eigenvalue weighted by Crippen LogP contribution is -2.39. The van der Waals surface area contributed by atoms with Crippen LogP contribution in [0, 0.1) is 13.8 Å². The third-order valence-corrected chi connectivity index (χ3v) is 6.96. The molecule has 0 radical (unpaired) electrons. The standard InChI is InChI=1S/C29H46O3/c1-5-6-7-8-9-10-11-12-13-14-15-16-17-18-19-20-29(4)22-27(31)25-21-26(30)23(2)24(3)28(25)32-29/h12-13,21,30H,5-11,14-20,22H2,1-4H3/b13-12+. The van der Waals surface area contributed by atoms with Crippen molar-refractivity contribution in [3.8, 4) is 11.5 Å². The maximum Gasteiger partial charge on any atom is 0.170 e. The van der Waals surface area contributed by atoms with Gasteiger partial charge in [-0.25, -0.2) is 0 Å². The Hall–Kier alpha value is -1.77. The number of phenolic OH excluding ortho intramolecular Hbond substituents is 1. The SMILES string of the molecule is CCCCCCCC/C=C/CCCCCCCC1(C)CC(=O)c2cc(O)c(C)c(C)c2O1. The first-order valence-corrected chi connectivity index (χ1v) is 13.1. The summed E-state index contributed by atoms with van der Waals surface area (Å²) in [7, 11) is 0. The molecule has 0 bridgehead atoms. The Morgan fingerprint density at radius 1 is 0.906 bits per heavy atom. The summed E-state index contributed by atoms with van der Waals surface area (Å²) in [5, 5.41) is 10.0. The molecule has 0 amide bonds. The maximum absolute atomic E-state index is 12.7. The van der Waals surface area contributed by atoms with Gasteiger partial charge in [-0.3, -0.25) is 4.79 Å². The first-order chi connectivity index (χ1) is 15.4. The average Bonchev–Trinajstić information content (AvgIpc) is 2.76. The van der Waals surface area contributed by atoms with Gasteiger partial charge in [-0.05, 0) is 76.5 Å². The number of carbonyl (C=O) groups excluding carboxylic acids is 1. The smallest absolute Gasteiger partial charge is 0.170 e. The Bertz CT molecular complexity index is 749. The lowest BCUT2D eigenvalue weighted by atomic mass is 9.85. The molecule has 1 aliphatic heterocycles. The Morgan fingerprint density at radius 2 is 1.47 bits per heavy atom. The van der Waals surface area contributed by atoms with E-state index in [2.05, 4.69) is 26.0 Å². The van der Waals surface area contributed by atoms with Crippen molar-refractivity contribution >= 4 is 5.78 Å². The van der Waals surface area contributed by atoms with Crippen LogP contribution in [0.1, 0.15) is 132 Å². The van der Waals surface area contributed by atoms with Crippen molar-refractivity contribution in [1.82, 2.24) is 0 Å². The van der Waals surface area contributed by atoms with Crippen LogP contribution in [0.3, 0.4) is 0 Å². The number of unbranched alkanes of at least 4 members (excludes halogenated alkanes) is 11. The van der Waals surface area contributed by atoms with Crippen LogP contribution in [-0.2, 0) is 0 Å². The summed E-state index contributed by atoms with van der Waals surface area (Å²) in [6, 6.07) is 1.57. The summed E-state index contributed by atoms with van der Waals surface area (Å²) < 4.78 is 6.33. The predicted octanol–water partition coefficient (Wildman–Crippen LogP) is 8.77. The van der Waals surface area contributed by atoms with Crippen LogP contribution in [0.5, 0.6) is 11.5 Å². The summed E-state index contributed by atoms with van der Waals surface area (Å²) in [6.45, 7) is 8.12. The number of ether oxygens (including phenoxy) is 1. The third-order valence-electron chi connectivity index (χ3n) is 6.96. The van der Waals surface area contributed by atoms with Gasteiger partial charge in [0, 0.05) is 0 Å². The number of carbonyl (C=O) groups is 1. The summed E-state index contributed by atoms with van der Waals surface area (Å²) in [5.74, 6) is 0.936. The minimum absolute atomic E-state index is 0.0832. The van der Waals surface area contributed by atoms with Gasteiger partial charge in [0.25, 0.3) is 0 Å². The van der Waals surface area contributed by atoms with Crippen LogP contribution >= 0.6 is 0 Å². The summed E-state index contributed by atoms with van der Waals surface area (Å²) in [6.07, 6.45) is 22.8. The fourth-order valence-corrected chi connectivity index (χ4v) is 4.64. The highest BCUT2D eigenvalue weighted by atomic mass is 16.5. The minimum Gasteiger partial charge on any atom is -0.508 e. The first-order valence-electron chi connectivity index (χ1n) is 13.1. The van der Waals surface area contributed by atoms with Gasteiger partial charge in [-0.2, -0.15) is 0 Å². The number of hydrogen-bond donors (Lipinski definition) is 1. The van der Waals surface area contributed by atoms with Crippen molar-refractivity contribution in [2.24, 2.45) is 0 Å². The van der Waals surface area contributed by atoms with E-state index in [-0.39, 0.29) is 11.5 Å². The van der Waals surface area contributed by atoms with E-state index in [0.717, 1.165) is 24.0 Å². The zero-order valence-electron chi connectivity index (χ0n) is 21.1. The van der Waals surface area contributed by atoms with Crippen LogP contribution < -0.4 is 4.74 Å². The fourth-order valence-electron chi connectivity index (χ4n) is 4.64. The molecule has 1 N–H and O–H groups in total. The highest BCUT2D eigenvalue weighted by Gasteiger charge is 2.37. The number of phenols is 1. The van der Waals surface area contributed by atoms with E-state index in [1.54, 1.807) is 6.07 Å². The molecule has 1 aliphatic rings. The fraction of sp³-hybridized carbons (Fsp3) is 0.690. The van der Waals surface area contributed by atoms with Gasteiger partial charge < -0.3 is 9.84 Å². The molecule has 1 aromatic rings. The van der Waals surface area contributed by atoms with E-state index in [4.69, 9.17) is 4.74 Å². The number of aromatic hydroxyl groups is 1. The van der Waals surface area contributed by atoms with E-state index in [0.29, 0.717) is 17.7 Å². The topological polar surface area (TPSA) is 46.5 Å². The van der Waals surface area contributed by atoms with Crippen molar-refractivity contribution in [1.29, 1.82) is 0 Å². The van der Waals surface area contributed by atoms with Crippen LogP contribution in [0.25, 0.3) is 0 Å². The number of ketones is 1. The molecule has 1 aromatic carbocycles. The summed E-state index contributed by atoms with van der Waals surface area (Å²) in [5.41, 5.74) is 1.77. The second-order valence-electron chi connectivity index (χ2n) is 10.0. The highest BCUT2D eigenvalue weighted by molar-refractivity contribution is 6.01. The Kier molecular flexibility index (Phi) is 11.3. The normalized spacial score (nSPS) is 18.2. The number of benzene rings is 1. The monoisotopic (exact) mass is 442 g/mol. The molecule has 1 atom stereocenters. The van der Waals surface area contributed by atoms with Crippen LogP contribution in [-0.4, -0.2) is 16.5 Å². The molecule has 0 aliphatic carbocycles. The molecule has 3 nitrogen and oxygen atoms in total. The molecule has 0 fully saturated rings. The molecule has 180 valence electrons. The van der Waals surface area contributed by atoms with Crippen molar-refractivity contribution < 1.29 is 14.6 Å². The van der Waals surface area contributed by atoms with Crippen molar-refractivity contribution in [3.05, 3.63) is 34.9 Å². The highest BCUT2D eigenvalue weighted by Crippen LogP contribution is 2.41. The largest absolute Gasteiger partial charge is 0.508 e. The van der Waals surface area contributed by atoms with Crippen LogP contribution in [0.15, 0.2) is 18.2 Å². The molecule has 0 spiro atoms. The van der Waals surface area contributed by atoms with E-state index < -0.39 is 5.60 Å². The zero-order valence-corrected chi connectivity index (χ0v) is 21.1. The van der Waals surface area contributed by atoms with E-state index in [9.17, 15) is 9.90 Å². The molecule has 0 saturated heterocycles. The molecule has 3 heteroatoms. The quantitative estimate of drug-likeness (QED) is 0.218. The van der Waals surface area contributed by atoms with E-state index in [1.807, 2.05) is 13.8 Å². The number of fused-ring (bicyclic) bond motifs is 1. The molecular weight excluding hydrogens is 396 g/mol. The van der Waals surface area contributed by atoms with Gasteiger partial charge in [0.15, 0.2) is 5.78 Å². The molecule has 32 heavy (non-hydrogen) atoms. The minimum atomic E-state index is -0.433. The van der Waals surface area contributed by atoms with E-state index in [1.165, 1.54) is 77.0 Å². The molecule has 1 heterocycles. The number of Topliss-reactive ketones (excluding diaryl/α,β-unsaturated/α-hetero) is 1. The van der Waals surface area contributed by atoms with Crippen LogP contribution in [0.2, 0.25) is 0 Å². The number of allylic oxidation sites excluding steroid dienone is 2. The van der Waals surface area contributed by atoms with Gasteiger partial charge in [-0.15, -0.1) is 0 Å². The lowest BCUT2D eigenvalue weighted by Gasteiger charge is -2.36. The molecule has 1 unspecified atom stereocenters. The second-order valence-corrected chi connectivity index (χ2v) is 10.0. The Labute approximate surface area is 196 Å². The number of hydrogen-bond acceptors (Lipinski definition) is 3. The molecule has 2 rings (SSSR count). The lowest BCUT2D eigenvalue weighted by molar-refractivity contribution is 0.0445. The van der Waals surface area contributed by atoms with Crippen molar-refractivity contribution in [3.63, 3.8) is 0 Å². The van der Waals surface area contributed by atoms with E-state index >= 15 is 0 Å². The molecule has 0 aromatic heterocycles. The first kappa shape index (κ1) is 26.5. The summed E-state index contributed by atoms with van der Waals surface area (Å²) >= 11 is 0. The second kappa shape index (κ2) is 13.7. The van der Waals surface area contributed by atoms with Gasteiger partial charge >= 0.3 is 0 Å². The molecule has 0 saturated carbocycles. The van der Waals surface area contributed by atoms with Gasteiger partial charge in [0.1, 0.15) is 17.1 Å². The predicted molar refractivity (Wildman–Crippen MR) is 135 cm³/mol. The maximum atomic E-state index is 12.7.